The molecular weight excluding hydrogens is 196 g/mol. The second kappa shape index (κ2) is 3.56. The molecule has 16 heavy (non-hydrogen) atoms. The molecule has 0 unspecified atom stereocenters. The number of hydrogen-bond acceptors (Lipinski definition) is 0. The number of aromatic nitrogens is 2. The lowest BCUT2D eigenvalue weighted by molar-refractivity contribution is 1.10. The monoisotopic (exact) mass is 210 g/mol. The Hall–Kier alpha value is -1.96. The molecule has 2 aromatic rings. The van der Waals surface area contributed by atoms with Crippen LogP contribution in [0.5, 0.6) is 0 Å². The Bertz CT molecular complexity index is 715. The van der Waals surface area contributed by atoms with Crippen LogP contribution < -0.4 is 21.1 Å². The largest absolute Gasteiger partial charge is 0.362 e. The lowest BCUT2D eigenvalue weighted by Gasteiger charge is -1.91. The van der Waals surface area contributed by atoms with E-state index in [1.54, 1.807) is 0 Å². The molecule has 1 aliphatic carbocycles. The molecule has 2 nitrogen and oxygen atoms in total. The van der Waals surface area contributed by atoms with E-state index in [2.05, 4.69) is 34.8 Å². The molecule has 2 N–H and O–H groups in total. The molecule has 1 aliphatic rings. The Morgan fingerprint density at radius 1 is 1.25 bits per heavy atom. The van der Waals surface area contributed by atoms with Gasteiger partial charge in [0, 0.05) is 27.8 Å². The van der Waals surface area contributed by atoms with Crippen molar-refractivity contribution in [3.05, 3.63) is 45.2 Å². The molecule has 2 heterocycles. The molecule has 3 rings (SSSR count). The highest BCUT2D eigenvalue weighted by atomic mass is 14.7. The average Bonchev–Trinajstić information content (AvgIpc) is 2.90. The van der Waals surface area contributed by atoms with Gasteiger partial charge in [0.15, 0.2) is 0 Å². The van der Waals surface area contributed by atoms with Gasteiger partial charge in [-0.15, -0.1) is 0 Å². The van der Waals surface area contributed by atoms with Gasteiger partial charge in [-0.2, -0.15) is 0 Å². The van der Waals surface area contributed by atoms with E-state index >= 15 is 0 Å². The molecule has 0 radical (unpaired) electrons. The molecule has 0 bridgehead atoms. The van der Waals surface area contributed by atoms with Crippen molar-refractivity contribution >= 4 is 24.8 Å². The Morgan fingerprint density at radius 2 is 2.12 bits per heavy atom. The van der Waals surface area contributed by atoms with E-state index in [4.69, 9.17) is 0 Å². The highest BCUT2D eigenvalue weighted by molar-refractivity contribution is 5.46. The Kier molecular flexibility index (Phi) is 2.07. The first kappa shape index (κ1) is 9.28. The third kappa shape index (κ3) is 1.43. The summed E-state index contributed by atoms with van der Waals surface area (Å²) in [5.74, 6) is 0. The zero-order chi connectivity index (χ0) is 11.0. The van der Waals surface area contributed by atoms with Gasteiger partial charge in [-0.3, -0.25) is 0 Å². The van der Waals surface area contributed by atoms with Crippen LogP contribution in [0, 0.1) is 0 Å². The molecule has 2 heteroatoms. The maximum atomic E-state index is 4.15. The highest BCUT2D eigenvalue weighted by Gasteiger charge is 1.97. The van der Waals surface area contributed by atoms with Crippen molar-refractivity contribution in [2.45, 2.75) is 12.8 Å². The third-order valence-corrected chi connectivity index (χ3v) is 3.00. The molecule has 0 saturated heterocycles. The van der Waals surface area contributed by atoms with Gasteiger partial charge in [0.1, 0.15) is 0 Å². The van der Waals surface area contributed by atoms with Crippen LogP contribution in [0.3, 0.4) is 0 Å². The fourth-order valence-corrected chi connectivity index (χ4v) is 2.16. The van der Waals surface area contributed by atoms with Crippen LogP contribution in [-0.2, 0) is 0 Å². The predicted molar refractivity (Wildman–Crippen MR) is 67.3 cm³/mol. The molecule has 0 spiro atoms. The number of rotatable bonds is 1. The van der Waals surface area contributed by atoms with Crippen LogP contribution in [0.25, 0.3) is 24.8 Å². The second-order valence-electron chi connectivity index (χ2n) is 4.10. The normalized spacial score (nSPS) is 15.4. The summed E-state index contributed by atoms with van der Waals surface area (Å²) in [7, 11) is 0. The van der Waals surface area contributed by atoms with E-state index in [0.29, 0.717) is 0 Å². The lowest BCUT2D eigenvalue weighted by Crippen LogP contribution is -2.37. The average molecular weight is 210 g/mol. The van der Waals surface area contributed by atoms with E-state index < -0.39 is 0 Å². The molecule has 0 fully saturated rings. The zero-order valence-electron chi connectivity index (χ0n) is 9.09. The summed E-state index contributed by atoms with van der Waals surface area (Å²) in [6, 6.07) is 4.04. The fraction of sp³-hybridized carbons (Fsp3) is 0.143. The second-order valence-corrected chi connectivity index (χ2v) is 4.10. The van der Waals surface area contributed by atoms with Gasteiger partial charge in [-0.05, 0) is 36.3 Å². The summed E-state index contributed by atoms with van der Waals surface area (Å²) in [5, 5.41) is 4.68. The molecule has 0 aromatic carbocycles. The lowest BCUT2D eigenvalue weighted by atomic mass is 10.1. The minimum atomic E-state index is 1.10. The summed E-state index contributed by atoms with van der Waals surface area (Å²) in [6.45, 7) is 4.15. The van der Waals surface area contributed by atoms with Gasteiger partial charge in [-0.25, -0.2) is 0 Å². The van der Waals surface area contributed by atoms with Crippen LogP contribution in [-0.4, -0.2) is 9.97 Å². The Labute approximate surface area is 93.3 Å². The maximum Gasteiger partial charge on any atom is 0.0479 e. The fourth-order valence-electron chi connectivity index (χ4n) is 2.16. The molecule has 0 atom stereocenters. The van der Waals surface area contributed by atoms with Gasteiger partial charge >= 0.3 is 0 Å². The minimum absolute atomic E-state index is 1.10. The molecule has 0 amide bonds. The first-order chi connectivity index (χ1) is 7.84. The predicted octanol–water partition coefficient (Wildman–Crippen LogP) is -0.0633. The summed E-state index contributed by atoms with van der Waals surface area (Å²) in [4.78, 5) is 6.58. The molecule has 0 aliphatic heterocycles. The van der Waals surface area contributed by atoms with E-state index in [-0.39, 0.29) is 0 Å². The van der Waals surface area contributed by atoms with Crippen molar-refractivity contribution in [1.29, 1.82) is 0 Å². The number of hydrogen-bond donors (Lipinski definition) is 2. The van der Waals surface area contributed by atoms with Crippen molar-refractivity contribution in [2.75, 3.05) is 0 Å². The van der Waals surface area contributed by atoms with E-state index in [0.717, 1.165) is 29.1 Å². The first-order valence-electron chi connectivity index (χ1n) is 5.57. The van der Waals surface area contributed by atoms with Crippen LogP contribution in [0.15, 0.2) is 18.3 Å². The third-order valence-electron chi connectivity index (χ3n) is 3.00. The quantitative estimate of drug-likeness (QED) is 0.661. The summed E-state index contributed by atoms with van der Waals surface area (Å²) < 4.78 is 0. The zero-order valence-corrected chi connectivity index (χ0v) is 9.09. The summed E-state index contributed by atoms with van der Waals surface area (Å²) in [5.41, 5.74) is 1.10. The van der Waals surface area contributed by atoms with Crippen LogP contribution in [0.2, 0.25) is 0 Å². The van der Waals surface area contributed by atoms with Gasteiger partial charge in [0.05, 0.1) is 0 Å². The Balaban J connectivity index is 2.33. The molecule has 0 saturated carbocycles. The standard InChI is InChI=1S/C14H14N2/c1-10-12-6-2-3-7-13(12)16-14(10)9-11-5-4-8-15-11/h4-9,15-16H,1-3H2/b14-9-. The Morgan fingerprint density at radius 3 is 2.88 bits per heavy atom. The maximum absolute atomic E-state index is 4.15. The van der Waals surface area contributed by atoms with Crippen molar-refractivity contribution in [3.63, 3.8) is 0 Å². The minimum Gasteiger partial charge on any atom is -0.362 e. The first-order valence-corrected chi connectivity index (χ1v) is 5.57. The number of aromatic amines is 2. The van der Waals surface area contributed by atoms with Crippen molar-refractivity contribution < 1.29 is 0 Å². The highest BCUT2D eigenvalue weighted by Crippen LogP contribution is 1.93. The smallest absolute Gasteiger partial charge is 0.0479 e. The van der Waals surface area contributed by atoms with Crippen LogP contribution in [0.4, 0.5) is 0 Å². The van der Waals surface area contributed by atoms with Crippen molar-refractivity contribution in [1.82, 2.24) is 9.97 Å². The van der Waals surface area contributed by atoms with Crippen LogP contribution in [0.1, 0.15) is 18.5 Å². The van der Waals surface area contributed by atoms with Gasteiger partial charge < -0.3 is 9.97 Å². The molecule has 80 valence electrons. The van der Waals surface area contributed by atoms with E-state index in [1.807, 2.05) is 18.3 Å². The van der Waals surface area contributed by atoms with Gasteiger partial charge in [0.25, 0.3) is 0 Å². The molecule has 2 aromatic heterocycles. The van der Waals surface area contributed by atoms with Crippen LogP contribution >= 0.6 is 0 Å². The van der Waals surface area contributed by atoms with E-state index in [9.17, 15) is 0 Å². The van der Waals surface area contributed by atoms with Crippen molar-refractivity contribution in [3.8, 4) is 0 Å². The number of H-pyrrole nitrogens is 2. The number of fused-ring (bicyclic) bond motifs is 1. The van der Waals surface area contributed by atoms with Gasteiger partial charge in [-0.1, -0.05) is 18.7 Å². The number of nitrogens with one attached hydrogen (secondary N) is 2. The topological polar surface area (TPSA) is 31.6 Å². The molecular formula is C14H14N2. The summed E-state index contributed by atoms with van der Waals surface area (Å²) >= 11 is 0. The van der Waals surface area contributed by atoms with E-state index in [1.165, 1.54) is 10.6 Å². The summed E-state index contributed by atoms with van der Waals surface area (Å²) in [6.07, 6.45) is 10.8. The SMILES string of the molecule is C=c1c2c([nH]/c1=C\c1ccc[nH]1)=CCCC=2. The van der Waals surface area contributed by atoms with Crippen molar-refractivity contribution in [2.24, 2.45) is 0 Å². The van der Waals surface area contributed by atoms with Gasteiger partial charge in [0.2, 0.25) is 0 Å².